The molecule has 0 spiro atoms. The quantitative estimate of drug-likeness (QED) is 0.101. The predicted octanol–water partition coefficient (Wildman–Crippen LogP) is -3.33. The molecule has 4 heterocycles. The maximum Gasteiger partial charge on any atom is 0.327 e. The molecule has 7 N–H and O–H groups in total. The minimum Gasteiger partial charge on any atom is -0.458 e. The Labute approximate surface area is 275 Å². The van der Waals surface area contributed by atoms with E-state index in [1.54, 1.807) is 18.2 Å². The van der Waals surface area contributed by atoms with Gasteiger partial charge in [-0.15, -0.1) is 0 Å². The minimum atomic E-state index is -1.54. The third kappa shape index (κ3) is 6.60. The van der Waals surface area contributed by atoms with Crippen molar-refractivity contribution < 1.29 is 68.4 Å². The highest BCUT2D eigenvalue weighted by Crippen LogP contribution is 2.55. The number of hydrogen-bond donors (Lipinski definition) is 7. The zero-order chi connectivity index (χ0) is 34.0. The van der Waals surface area contributed by atoms with Gasteiger partial charge in [-0.25, -0.2) is 0 Å². The van der Waals surface area contributed by atoms with Gasteiger partial charge in [0.2, 0.25) is 11.8 Å². The average molecular weight is 680 g/mol. The van der Waals surface area contributed by atoms with Crippen molar-refractivity contribution >= 4 is 23.9 Å². The van der Waals surface area contributed by atoms with E-state index in [0.29, 0.717) is 0 Å². The van der Waals surface area contributed by atoms with Gasteiger partial charge in [-0.3, -0.25) is 19.2 Å². The molecule has 48 heavy (non-hydrogen) atoms. The van der Waals surface area contributed by atoms with Crippen LogP contribution in [0, 0.1) is 5.41 Å². The van der Waals surface area contributed by atoms with E-state index in [1.165, 1.54) is 5.06 Å². The van der Waals surface area contributed by atoms with E-state index in [-0.39, 0.29) is 58.4 Å². The van der Waals surface area contributed by atoms with Gasteiger partial charge in [0, 0.05) is 25.9 Å². The molecule has 1 aromatic carbocycles. The van der Waals surface area contributed by atoms with Gasteiger partial charge in [-0.1, -0.05) is 36.4 Å². The van der Waals surface area contributed by atoms with Crippen LogP contribution in [0.4, 0.5) is 0 Å². The molecular formula is C31H41N3O14. The molecule has 17 heteroatoms. The molecule has 2 amide bonds. The van der Waals surface area contributed by atoms with E-state index < -0.39 is 85.1 Å². The summed E-state index contributed by atoms with van der Waals surface area (Å²) in [5, 5.41) is 55.1. The summed E-state index contributed by atoms with van der Waals surface area (Å²) in [5.41, 5.74) is 0.138. The Morgan fingerprint density at radius 1 is 1.06 bits per heavy atom. The van der Waals surface area contributed by atoms with Crippen molar-refractivity contribution in [3.05, 3.63) is 41.5 Å². The lowest BCUT2D eigenvalue weighted by Crippen LogP contribution is -2.69. The van der Waals surface area contributed by atoms with Crippen molar-refractivity contribution in [1.29, 1.82) is 0 Å². The Bertz CT molecular complexity index is 1360. The lowest BCUT2D eigenvalue weighted by molar-refractivity contribution is -0.298. The van der Waals surface area contributed by atoms with Crippen molar-refractivity contribution in [2.24, 2.45) is 5.41 Å². The Morgan fingerprint density at radius 2 is 1.88 bits per heavy atom. The number of nitrogens with one attached hydrogen (secondary N) is 2. The number of benzene rings is 1. The number of aliphatic hydroxyl groups is 5. The molecule has 17 nitrogen and oxygen atoms in total. The van der Waals surface area contributed by atoms with Gasteiger partial charge in [0.1, 0.15) is 61.0 Å². The Balaban J connectivity index is 1.13. The molecule has 0 aromatic heterocycles. The molecule has 4 aliphatic heterocycles. The molecular weight excluding hydrogens is 638 g/mol. The molecule has 0 unspecified atom stereocenters. The molecule has 0 radical (unpaired) electrons. The highest BCUT2D eigenvalue weighted by Gasteiger charge is 2.74. The normalized spacial score (nSPS) is 37.3. The second-order valence-electron chi connectivity index (χ2n) is 12.4. The standard InChI is InChI=1S/C31H41N3O14/c35-9-8-32-20(37)6-7-33-30(42)31-12-18-24-25(45-15-44-24)27(31)48-34(26(31)28(41)46-18)13-17-4-1-3-16(11-17)5-2-10-43-29-23(40)22(39)21(38)19(14-36)47-29/h1-5,11,18-19,21-27,29,35-36,38-40H,6-10,12-15H2,(H,32,37)(H,33,42)/t18-,19-,21+,22+,23-,24+,25+,26+,27-,29+,31+/m1/s1. The molecule has 4 saturated heterocycles. The minimum absolute atomic E-state index is 0.0108. The fraction of sp³-hybridized carbons (Fsp3) is 0.645. The van der Waals surface area contributed by atoms with E-state index in [1.807, 2.05) is 18.2 Å². The number of hydroxylamine groups is 2. The highest BCUT2D eigenvalue weighted by molar-refractivity contribution is 5.93. The van der Waals surface area contributed by atoms with E-state index in [2.05, 4.69) is 10.6 Å². The number of amides is 2. The second-order valence-corrected chi connectivity index (χ2v) is 12.4. The maximum absolute atomic E-state index is 13.9. The van der Waals surface area contributed by atoms with Crippen LogP contribution in [0.3, 0.4) is 0 Å². The molecule has 5 fully saturated rings. The summed E-state index contributed by atoms with van der Waals surface area (Å²) < 4.78 is 28.2. The van der Waals surface area contributed by atoms with Gasteiger partial charge < -0.3 is 59.9 Å². The fourth-order valence-corrected chi connectivity index (χ4v) is 7.09. The van der Waals surface area contributed by atoms with Crippen molar-refractivity contribution in [1.82, 2.24) is 15.7 Å². The van der Waals surface area contributed by atoms with Crippen LogP contribution in [0.5, 0.6) is 0 Å². The van der Waals surface area contributed by atoms with Crippen LogP contribution in [0.25, 0.3) is 6.08 Å². The Kier molecular flexibility index (Phi) is 10.7. The molecule has 1 aromatic rings. The Hall–Kier alpha value is -3.07. The lowest BCUT2D eigenvalue weighted by Gasteiger charge is -2.48. The first-order chi connectivity index (χ1) is 23.2. The second kappa shape index (κ2) is 14.8. The fourth-order valence-electron chi connectivity index (χ4n) is 7.09. The van der Waals surface area contributed by atoms with E-state index in [4.69, 9.17) is 33.6 Å². The van der Waals surface area contributed by atoms with E-state index in [9.17, 15) is 34.8 Å². The van der Waals surface area contributed by atoms with Crippen molar-refractivity contribution in [2.45, 2.75) is 80.5 Å². The third-order valence-corrected chi connectivity index (χ3v) is 9.37. The zero-order valence-corrected chi connectivity index (χ0v) is 26.0. The zero-order valence-electron chi connectivity index (χ0n) is 26.0. The van der Waals surface area contributed by atoms with Gasteiger partial charge >= 0.3 is 5.97 Å². The summed E-state index contributed by atoms with van der Waals surface area (Å²) in [7, 11) is 0. The summed E-state index contributed by atoms with van der Waals surface area (Å²) in [6.45, 7) is -0.602. The smallest absolute Gasteiger partial charge is 0.327 e. The number of fused-ring (bicyclic) bond motifs is 4. The van der Waals surface area contributed by atoms with Gasteiger partial charge in [-0.2, -0.15) is 5.06 Å². The molecule has 5 aliphatic rings. The van der Waals surface area contributed by atoms with Crippen LogP contribution in [-0.2, 0) is 49.5 Å². The first-order valence-corrected chi connectivity index (χ1v) is 15.9. The number of carbonyl (C=O) groups is 3. The van der Waals surface area contributed by atoms with Crippen molar-refractivity contribution in [3.8, 4) is 0 Å². The van der Waals surface area contributed by atoms with Crippen LogP contribution < -0.4 is 10.6 Å². The molecule has 1 aliphatic carbocycles. The Morgan fingerprint density at radius 3 is 2.67 bits per heavy atom. The van der Waals surface area contributed by atoms with Crippen LogP contribution in [0.2, 0.25) is 0 Å². The monoisotopic (exact) mass is 679 g/mol. The summed E-state index contributed by atoms with van der Waals surface area (Å²) >= 11 is 0. The topological polar surface area (TPSA) is 235 Å². The number of nitrogens with zero attached hydrogens (tertiary/aromatic N) is 1. The van der Waals surface area contributed by atoms with Gasteiger partial charge in [0.25, 0.3) is 0 Å². The van der Waals surface area contributed by atoms with Crippen LogP contribution >= 0.6 is 0 Å². The van der Waals surface area contributed by atoms with Crippen LogP contribution in [0.1, 0.15) is 24.0 Å². The molecule has 1 saturated carbocycles. The number of aliphatic hydroxyl groups excluding tert-OH is 5. The number of hydrogen-bond acceptors (Lipinski definition) is 15. The average Bonchev–Trinajstić information content (AvgIpc) is 3.70. The molecule has 11 atom stereocenters. The summed E-state index contributed by atoms with van der Waals surface area (Å²) in [5.74, 6) is -1.42. The van der Waals surface area contributed by atoms with Crippen molar-refractivity contribution in [2.75, 3.05) is 39.7 Å². The number of esters is 1. The number of ether oxygens (including phenoxy) is 5. The largest absolute Gasteiger partial charge is 0.458 e. The summed E-state index contributed by atoms with van der Waals surface area (Å²) in [6.07, 6.45) is -6.17. The number of rotatable bonds is 13. The highest BCUT2D eigenvalue weighted by atomic mass is 16.8. The van der Waals surface area contributed by atoms with Gasteiger partial charge in [-0.05, 0) is 11.1 Å². The lowest BCUT2D eigenvalue weighted by atomic mass is 9.62. The summed E-state index contributed by atoms with van der Waals surface area (Å²) in [6, 6.07) is 6.22. The molecule has 6 rings (SSSR count). The van der Waals surface area contributed by atoms with Gasteiger partial charge in [0.05, 0.1) is 26.4 Å². The summed E-state index contributed by atoms with van der Waals surface area (Å²) in [4.78, 5) is 45.9. The predicted molar refractivity (Wildman–Crippen MR) is 159 cm³/mol. The van der Waals surface area contributed by atoms with Crippen molar-refractivity contribution in [3.63, 3.8) is 0 Å². The van der Waals surface area contributed by atoms with Gasteiger partial charge in [0.15, 0.2) is 12.3 Å². The molecule has 2 bridgehead atoms. The maximum atomic E-state index is 13.9. The van der Waals surface area contributed by atoms with E-state index >= 15 is 0 Å². The van der Waals surface area contributed by atoms with Crippen LogP contribution in [0.15, 0.2) is 30.3 Å². The van der Waals surface area contributed by atoms with E-state index in [0.717, 1.165) is 11.1 Å². The van der Waals surface area contributed by atoms with Crippen LogP contribution in [-0.4, -0.2) is 149 Å². The number of carbonyl (C=O) groups excluding carboxylic acids is 3. The SMILES string of the molecule is O=C(CCNC(=O)[C@@]12C[C@H]3OC(=O)[C@@H]1N(Cc1cccc(C=CCO[C@H]4O[C@H](CO)[C@H](O)[C@H](O)[C@H]4O)c1)O[C@@H]2[C@H]1OCO[C@H]13)NCCO. The first-order valence-electron chi connectivity index (χ1n) is 15.9. The third-order valence-electron chi connectivity index (χ3n) is 9.37. The molecule has 264 valence electrons. The first kappa shape index (κ1) is 34.8.